The Kier molecular flexibility index (Phi) is 3.61. The fourth-order valence-electron chi connectivity index (χ4n) is 2.71. The minimum Gasteiger partial charge on any atom is -0.479 e. The number of nitrogens with one attached hydrogen (secondary N) is 2. The van der Waals surface area contributed by atoms with Crippen molar-refractivity contribution in [3.05, 3.63) is 48.2 Å². The highest BCUT2D eigenvalue weighted by Crippen LogP contribution is 2.32. The molecule has 1 aliphatic heterocycles. The largest absolute Gasteiger partial charge is 0.479 e. The van der Waals surface area contributed by atoms with Crippen LogP contribution in [0.5, 0.6) is 5.75 Å². The van der Waals surface area contributed by atoms with E-state index in [1.54, 1.807) is 31.2 Å². The molecule has 0 saturated heterocycles. The normalized spacial score (nSPS) is 16.0. The Bertz CT molecular complexity index is 979. The molecule has 2 amide bonds. The topological polar surface area (TPSA) is 93.5 Å². The number of benzene rings is 2. The zero-order valence-corrected chi connectivity index (χ0v) is 13.4. The molecule has 1 atom stereocenters. The third kappa shape index (κ3) is 2.91. The molecule has 2 heterocycles. The first kappa shape index (κ1) is 15.2. The number of nitrogens with zero attached hydrogens (tertiary/aromatic N) is 1. The summed E-state index contributed by atoms with van der Waals surface area (Å²) in [6.07, 6.45) is -0.443. The second-order valence-corrected chi connectivity index (χ2v) is 5.81. The number of carbonyl (C=O) groups excluding carboxylic acids is 2. The summed E-state index contributed by atoms with van der Waals surface area (Å²) in [6, 6.07) is 12.5. The van der Waals surface area contributed by atoms with E-state index in [0.29, 0.717) is 28.4 Å². The van der Waals surface area contributed by atoms with Gasteiger partial charge in [0.25, 0.3) is 5.91 Å². The summed E-state index contributed by atoms with van der Waals surface area (Å²) >= 11 is 0. The van der Waals surface area contributed by atoms with E-state index >= 15 is 0 Å². The average molecular weight is 337 g/mol. The Morgan fingerprint density at radius 2 is 2.12 bits per heavy atom. The Labute approximate surface area is 142 Å². The number of fused-ring (bicyclic) bond motifs is 2. The van der Waals surface area contributed by atoms with Crippen LogP contribution in [-0.2, 0) is 16.0 Å². The van der Waals surface area contributed by atoms with Gasteiger partial charge in [-0.3, -0.25) is 9.59 Å². The molecule has 2 aromatic carbocycles. The summed E-state index contributed by atoms with van der Waals surface area (Å²) in [7, 11) is 0. The average Bonchev–Trinajstić information content (AvgIpc) is 2.99. The second kappa shape index (κ2) is 5.94. The molecular formula is C18H15N3O4. The predicted molar refractivity (Wildman–Crippen MR) is 91.5 cm³/mol. The number of anilines is 2. The van der Waals surface area contributed by atoms with Crippen LogP contribution < -0.4 is 15.4 Å². The summed E-state index contributed by atoms with van der Waals surface area (Å²) in [6.45, 7) is 1.68. The van der Waals surface area contributed by atoms with Gasteiger partial charge in [0.15, 0.2) is 11.7 Å². The van der Waals surface area contributed by atoms with E-state index in [2.05, 4.69) is 15.8 Å². The highest BCUT2D eigenvalue weighted by atomic mass is 16.5. The van der Waals surface area contributed by atoms with Crippen LogP contribution in [0.25, 0.3) is 11.0 Å². The summed E-state index contributed by atoms with van der Waals surface area (Å²) in [5, 5.41) is 10.3. The summed E-state index contributed by atoms with van der Waals surface area (Å²) in [4.78, 5) is 24.0. The first-order valence-electron chi connectivity index (χ1n) is 7.85. The molecule has 126 valence electrons. The lowest BCUT2D eigenvalue weighted by Gasteiger charge is -2.23. The third-order valence-corrected chi connectivity index (χ3v) is 3.97. The molecule has 2 N–H and O–H groups in total. The van der Waals surface area contributed by atoms with Gasteiger partial charge in [-0.05, 0) is 37.3 Å². The summed E-state index contributed by atoms with van der Waals surface area (Å²) in [5.41, 5.74) is 2.33. The van der Waals surface area contributed by atoms with Crippen molar-refractivity contribution in [2.75, 3.05) is 10.6 Å². The second-order valence-electron chi connectivity index (χ2n) is 5.81. The number of hydrogen-bond donors (Lipinski definition) is 2. The van der Waals surface area contributed by atoms with Gasteiger partial charge in [0.2, 0.25) is 5.91 Å². The van der Waals surface area contributed by atoms with E-state index in [1.165, 1.54) is 0 Å². The van der Waals surface area contributed by atoms with Gasteiger partial charge in [-0.2, -0.15) is 0 Å². The molecule has 0 aliphatic carbocycles. The van der Waals surface area contributed by atoms with Crippen LogP contribution in [-0.4, -0.2) is 23.1 Å². The molecule has 0 saturated carbocycles. The van der Waals surface area contributed by atoms with Crippen molar-refractivity contribution < 1.29 is 18.8 Å². The van der Waals surface area contributed by atoms with Crippen LogP contribution in [0.3, 0.4) is 0 Å². The Morgan fingerprint density at radius 3 is 3.00 bits per heavy atom. The van der Waals surface area contributed by atoms with Gasteiger partial charge in [-0.25, -0.2) is 0 Å². The molecule has 1 aromatic heterocycles. The first-order chi connectivity index (χ1) is 12.1. The molecule has 1 aliphatic rings. The minimum absolute atomic E-state index is 0.0913. The lowest BCUT2D eigenvalue weighted by Crippen LogP contribution is -2.34. The fourth-order valence-corrected chi connectivity index (χ4v) is 2.71. The maximum atomic E-state index is 12.3. The highest BCUT2D eigenvalue weighted by molar-refractivity contribution is 5.99. The molecular weight excluding hydrogens is 322 g/mol. The van der Waals surface area contributed by atoms with Crippen molar-refractivity contribution in [1.29, 1.82) is 0 Å². The Hall–Kier alpha value is -3.35. The molecule has 0 spiro atoms. The lowest BCUT2D eigenvalue weighted by atomic mass is 10.1. The molecule has 0 radical (unpaired) electrons. The third-order valence-electron chi connectivity index (χ3n) is 3.97. The van der Waals surface area contributed by atoms with Crippen LogP contribution in [0.15, 0.2) is 47.0 Å². The lowest BCUT2D eigenvalue weighted by molar-refractivity contribution is -0.122. The molecule has 7 heteroatoms. The van der Waals surface area contributed by atoms with Gasteiger partial charge in [0.1, 0.15) is 11.4 Å². The van der Waals surface area contributed by atoms with Gasteiger partial charge in [-0.15, -0.1) is 0 Å². The van der Waals surface area contributed by atoms with Crippen LogP contribution in [0, 0.1) is 0 Å². The van der Waals surface area contributed by atoms with Gasteiger partial charge >= 0.3 is 0 Å². The molecule has 7 nitrogen and oxygen atoms in total. The smallest absolute Gasteiger partial charge is 0.265 e. The highest BCUT2D eigenvalue weighted by Gasteiger charge is 2.23. The van der Waals surface area contributed by atoms with E-state index in [4.69, 9.17) is 9.26 Å². The van der Waals surface area contributed by atoms with Crippen molar-refractivity contribution in [1.82, 2.24) is 5.16 Å². The fraction of sp³-hybridized carbons (Fsp3) is 0.167. The van der Waals surface area contributed by atoms with Crippen molar-refractivity contribution in [3.63, 3.8) is 0 Å². The van der Waals surface area contributed by atoms with E-state index in [-0.39, 0.29) is 18.2 Å². The number of amides is 2. The van der Waals surface area contributed by atoms with Crippen molar-refractivity contribution >= 4 is 34.2 Å². The predicted octanol–water partition coefficient (Wildman–Crippen LogP) is 2.73. The number of carbonyl (C=O) groups is 2. The van der Waals surface area contributed by atoms with E-state index in [0.717, 1.165) is 5.39 Å². The SMILES string of the molecule is CC1Oc2ccc(NC(=O)Cc3noc4ccccc34)cc2NC1=O. The first-order valence-corrected chi connectivity index (χ1v) is 7.85. The summed E-state index contributed by atoms with van der Waals surface area (Å²) < 4.78 is 10.7. The molecule has 4 rings (SSSR count). The number of hydrogen-bond acceptors (Lipinski definition) is 5. The van der Waals surface area contributed by atoms with Gasteiger partial charge < -0.3 is 19.9 Å². The van der Waals surface area contributed by atoms with Crippen molar-refractivity contribution in [2.24, 2.45) is 0 Å². The van der Waals surface area contributed by atoms with Crippen LogP contribution in [0.1, 0.15) is 12.6 Å². The Balaban J connectivity index is 1.50. The van der Waals surface area contributed by atoms with E-state index in [9.17, 15) is 9.59 Å². The number of aromatic nitrogens is 1. The molecule has 0 bridgehead atoms. The summed E-state index contributed by atoms with van der Waals surface area (Å²) in [5.74, 6) is 0.132. The zero-order valence-electron chi connectivity index (χ0n) is 13.4. The van der Waals surface area contributed by atoms with Crippen molar-refractivity contribution in [3.8, 4) is 5.75 Å². The standard InChI is InChI=1S/C18H15N3O4/c1-10-18(23)20-14-8-11(6-7-16(14)24-10)19-17(22)9-13-12-4-2-3-5-15(12)25-21-13/h2-8,10H,9H2,1H3,(H,19,22)(H,20,23). The number of rotatable bonds is 3. The van der Waals surface area contributed by atoms with E-state index < -0.39 is 6.10 Å². The quantitative estimate of drug-likeness (QED) is 0.766. The molecule has 1 unspecified atom stereocenters. The van der Waals surface area contributed by atoms with Gasteiger partial charge in [0.05, 0.1) is 12.1 Å². The van der Waals surface area contributed by atoms with Gasteiger partial charge in [-0.1, -0.05) is 17.3 Å². The minimum atomic E-state index is -0.534. The number of para-hydroxylation sites is 1. The zero-order chi connectivity index (χ0) is 17.4. The molecule has 0 fully saturated rings. The maximum Gasteiger partial charge on any atom is 0.265 e. The maximum absolute atomic E-state index is 12.3. The van der Waals surface area contributed by atoms with Crippen molar-refractivity contribution in [2.45, 2.75) is 19.4 Å². The monoisotopic (exact) mass is 337 g/mol. The van der Waals surface area contributed by atoms with Gasteiger partial charge in [0, 0.05) is 11.1 Å². The molecule has 3 aromatic rings. The van der Waals surface area contributed by atoms with Crippen LogP contribution >= 0.6 is 0 Å². The van der Waals surface area contributed by atoms with Crippen LogP contribution in [0.2, 0.25) is 0 Å². The molecule has 25 heavy (non-hydrogen) atoms. The Morgan fingerprint density at radius 1 is 1.28 bits per heavy atom. The number of ether oxygens (including phenoxy) is 1. The van der Waals surface area contributed by atoms with Crippen LogP contribution in [0.4, 0.5) is 11.4 Å². The van der Waals surface area contributed by atoms with E-state index in [1.807, 2.05) is 18.2 Å².